The zero-order chi connectivity index (χ0) is 13.2. The molecule has 3 nitrogen and oxygen atoms in total. The number of rotatable bonds is 5. The van der Waals surface area contributed by atoms with Crippen molar-refractivity contribution in [1.29, 1.82) is 0 Å². The molecule has 0 saturated heterocycles. The quantitative estimate of drug-likeness (QED) is 0.639. The lowest BCUT2D eigenvalue weighted by Crippen LogP contribution is -2.59. The van der Waals surface area contributed by atoms with Crippen molar-refractivity contribution in [1.82, 2.24) is 5.43 Å². The summed E-state index contributed by atoms with van der Waals surface area (Å²) in [7, 11) is 1.67. The standard InChI is InChI=1S/C13H18ClFN2O/c1-18-13(6-3-7-13)12(17-16)8-9-10(14)4-2-5-11(9)15/h2,4-5,12,17H,3,6-8,16H2,1H3. The number of ether oxygens (including phenoxy) is 1. The molecule has 0 amide bonds. The van der Waals surface area contributed by atoms with Gasteiger partial charge < -0.3 is 4.74 Å². The number of nitrogens with one attached hydrogen (secondary N) is 1. The summed E-state index contributed by atoms with van der Waals surface area (Å²) in [4.78, 5) is 0. The highest BCUT2D eigenvalue weighted by molar-refractivity contribution is 6.31. The molecule has 1 aromatic rings. The second-order valence-electron chi connectivity index (χ2n) is 4.75. The molecule has 18 heavy (non-hydrogen) atoms. The lowest BCUT2D eigenvalue weighted by atomic mass is 9.73. The number of hydrogen-bond donors (Lipinski definition) is 2. The van der Waals surface area contributed by atoms with Gasteiger partial charge in [0.05, 0.1) is 11.6 Å². The molecule has 1 unspecified atom stereocenters. The van der Waals surface area contributed by atoms with Crippen molar-refractivity contribution >= 4 is 11.6 Å². The molecular weight excluding hydrogens is 255 g/mol. The summed E-state index contributed by atoms with van der Waals surface area (Å²) in [5, 5.41) is 0.431. The summed E-state index contributed by atoms with van der Waals surface area (Å²) in [5.74, 6) is 5.30. The molecule has 1 fully saturated rings. The highest BCUT2D eigenvalue weighted by Gasteiger charge is 2.44. The fourth-order valence-electron chi connectivity index (χ4n) is 2.55. The summed E-state index contributed by atoms with van der Waals surface area (Å²) in [6.45, 7) is 0. The van der Waals surface area contributed by atoms with Crippen LogP contribution in [0.4, 0.5) is 4.39 Å². The van der Waals surface area contributed by atoms with E-state index in [1.165, 1.54) is 6.07 Å². The molecule has 100 valence electrons. The normalized spacial score (nSPS) is 19.3. The van der Waals surface area contributed by atoms with Crippen LogP contribution in [0.3, 0.4) is 0 Å². The van der Waals surface area contributed by atoms with Crippen molar-refractivity contribution in [3.05, 3.63) is 34.6 Å². The van der Waals surface area contributed by atoms with E-state index in [1.807, 2.05) is 0 Å². The lowest BCUT2D eigenvalue weighted by molar-refractivity contribution is -0.0983. The van der Waals surface area contributed by atoms with Gasteiger partial charge in [0.15, 0.2) is 0 Å². The first-order valence-electron chi connectivity index (χ1n) is 6.07. The number of hydrogen-bond acceptors (Lipinski definition) is 3. The fourth-order valence-corrected chi connectivity index (χ4v) is 2.79. The van der Waals surface area contributed by atoms with Crippen LogP contribution in [0, 0.1) is 5.82 Å². The minimum atomic E-state index is -0.298. The summed E-state index contributed by atoms with van der Waals surface area (Å²) >= 11 is 6.04. The second-order valence-corrected chi connectivity index (χ2v) is 5.15. The molecular formula is C13H18ClFN2O. The van der Waals surface area contributed by atoms with Crippen molar-refractivity contribution in [3.63, 3.8) is 0 Å². The van der Waals surface area contributed by atoms with Gasteiger partial charge in [-0.2, -0.15) is 0 Å². The third-order valence-corrected chi connectivity index (χ3v) is 4.27. The van der Waals surface area contributed by atoms with Crippen molar-refractivity contribution in [2.45, 2.75) is 37.3 Å². The van der Waals surface area contributed by atoms with E-state index >= 15 is 0 Å². The van der Waals surface area contributed by atoms with E-state index in [1.54, 1.807) is 19.2 Å². The van der Waals surface area contributed by atoms with Gasteiger partial charge in [0.25, 0.3) is 0 Å². The van der Waals surface area contributed by atoms with Gasteiger partial charge in [0, 0.05) is 17.7 Å². The number of methoxy groups -OCH3 is 1. The third-order valence-electron chi connectivity index (χ3n) is 3.91. The Morgan fingerprint density at radius 2 is 2.28 bits per heavy atom. The van der Waals surface area contributed by atoms with E-state index < -0.39 is 0 Å². The van der Waals surface area contributed by atoms with E-state index in [4.69, 9.17) is 22.2 Å². The average Bonchev–Trinajstić information content (AvgIpc) is 2.30. The topological polar surface area (TPSA) is 47.3 Å². The van der Waals surface area contributed by atoms with Crippen LogP contribution in [0.25, 0.3) is 0 Å². The summed E-state index contributed by atoms with van der Waals surface area (Å²) in [6.07, 6.45) is 3.40. The molecule has 1 aliphatic rings. The number of benzene rings is 1. The van der Waals surface area contributed by atoms with Gasteiger partial charge in [-0.3, -0.25) is 11.3 Å². The lowest BCUT2D eigenvalue weighted by Gasteiger charge is -2.46. The van der Waals surface area contributed by atoms with Gasteiger partial charge in [-0.05, 0) is 37.8 Å². The average molecular weight is 273 g/mol. The Balaban J connectivity index is 2.20. The first-order chi connectivity index (χ1) is 8.63. The van der Waals surface area contributed by atoms with Crippen LogP contribution in [-0.2, 0) is 11.2 Å². The van der Waals surface area contributed by atoms with Gasteiger partial charge in [-0.25, -0.2) is 4.39 Å². The summed E-state index contributed by atoms with van der Waals surface area (Å²) in [5.41, 5.74) is 2.95. The predicted octanol–water partition coefficient (Wildman–Crippen LogP) is 2.42. The fraction of sp³-hybridized carbons (Fsp3) is 0.538. The smallest absolute Gasteiger partial charge is 0.127 e. The van der Waals surface area contributed by atoms with Crippen LogP contribution in [0.15, 0.2) is 18.2 Å². The molecule has 0 bridgehead atoms. The largest absolute Gasteiger partial charge is 0.377 e. The SMILES string of the molecule is COC1(C(Cc2c(F)cccc2Cl)NN)CCC1. The van der Waals surface area contributed by atoms with Crippen molar-refractivity contribution in [3.8, 4) is 0 Å². The van der Waals surface area contributed by atoms with Crippen LogP contribution in [0.5, 0.6) is 0 Å². The van der Waals surface area contributed by atoms with Crippen LogP contribution >= 0.6 is 11.6 Å². The maximum absolute atomic E-state index is 13.8. The molecule has 1 aliphatic carbocycles. The van der Waals surface area contributed by atoms with Gasteiger partial charge in [0.2, 0.25) is 0 Å². The molecule has 1 saturated carbocycles. The molecule has 3 N–H and O–H groups in total. The van der Waals surface area contributed by atoms with Gasteiger partial charge in [0.1, 0.15) is 5.82 Å². The Morgan fingerprint density at radius 3 is 2.72 bits per heavy atom. The molecule has 5 heteroatoms. The van der Waals surface area contributed by atoms with Crippen molar-refractivity contribution in [2.75, 3.05) is 7.11 Å². The molecule has 0 radical (unpaired) electrons. The first-order valence-corrected chi connectivity index (χ1v) is 6.45. The van der Waals surface area contributed by atoms with E-state index in [2.05, 4.69) is 5.43 Å². The van der Waals surface area contributed by atoms with Gasteiger partial charge >= 0.3 is 0 Å². The molecule has 0 spiro atoms. The Labute approximate surface area is 111 Å². The maximum atomic E-state index is 13.8. The number of nitrogens with two attached hydrogens (primary N) is 1. The predicted molar refractivity (Wildman–Crippen MR) is 69.8 cm³/mol. The molecule has 0 aliphatic heterocycles. The highest BCUT2D eigenvalue weighted by atomic mass is 35.5. The van der Waals surface area contributed by atoms with Crippen LogP contribution in [0.1, 0.15) is 24.8 Å². The minimum absolute atomic E-state index is 0.134. The van der Waals surface area contributed by atoms with Gasteiger partial charge in [-0.15, -0.1) is 0 Å². The van der Waals surface area contributed by atoms with Crippen LogP contribution in [0.2, 0.25) is 5.02 Å². The Morgan fingerprint density at radius 1 is 1.56 bits per heavy atom. The van der Waals surface area contributed by atoms with Gasteiger partial charge in [-0.1, -0.05) is 17.7 Å². The van der Waals surface area contributed by atoms with Crippen molar-refractivity contribution < 1.29 is 9.13 Å². The van der Waals surface area contributed by atoms with Crippen LogP contribution in [-0.4, -0.2) is 18.8 Å². The Hall–Kier alpha value is -0.680. The van der Waals surface area contributed by atoms with E-state index in [0.29, 0.717) is 17.0 Å². The summed E-state index contributed by atoms with van der Waals surface area (Å²) < 4.78 is 19.3. The number of halogens is 2. The molecule has 0 heterocycles. The van der Waals surface area contributed by atoms with E-state index in [-0.39, 0.29) is 17.5 Å². The second kappa shape index (κ2) is 5.53. The third kappa shape index (κ3) is 2.38. The highest BCUT2D eigenvalue weighted by Crippen LogP contribution is 2.39. The minimum Gasteiger partial charge on any atom is -0.377 e. The maximum Gasteiger partial charge on any atom is 0.127 e. The Kier molecular flexibility index (Phi) is 4.22. The van der Waals surface area contributed by atoms with Crippen LogP contribution < -0.4 is 11.3 Å². The monoisotopic (exact) mass is 272 g/mol. The zero-order valence-corrected chi connectivity index (χ0v) is 11.1. The molecule has 1 aromatic carbocycles. The Bertz CT molecular complexity index is 398. The van der Waals surface area contributed by atoms with Crippen molar-refractivity contribution in [2.24, 2.45) is 5.84 Å². The molecule has 1 atom stereocenters. The van der Waals surface area contributed by atoms with E-state index in [0.717, 1.165) is 19.3 Å². The molecule has 2 rings (SSSR count). The first kappa shape index (κ1) is 13.7. The number of hydrazine groups is 1. The molecule has 0 aromatic heterocycles. The van der Waals surface area contributed by atoms with E-state index in [9.17, 15) is 4.39 Å². The summed E-state index contributed by atoms with van der Waals surface area (Å²) in [6, 6.07) is 4.57. The zero-order valence-electron chi connectivity index (χ0n) is 10.4.